The molecule has 0 aromatic heterocycles. The summed E-state index contributed by atoms with van der Waals surface area (Å²) in [5.41, 5.74) is 5.58. The van der Waals surface area contributed by atoms with Crippen LogP contribution >= 0.6 is 0 Å². The average Bonchev–Trinajstić information content (AvgIpc) is 1.83. The van der Waals surface area contributed by atoms with Gasteiger partial charge in [-0.2, -0.15) is 0 Å². The normalized spacial score (nSPS) is 13.8. The van der Waals surface area contributed by atoms with Gasteiger partial charge in [0.1, 0.15) is 0 Å². The maximum absolute atomic E-state index is 5.58. The fraction of sp³-hybridized carbons (Fsp3) is 0.714. The molecule has 0 aliphatic heterocycles. The minimum absolute atomic E-state index is 0.160. The molecule has 0 saturated heterocycles. The zero-order chi connectivity index (χ0) is 7.28. The lowest BCUT2D eigenvalue weighted by Gasteiger charge is -2.11. The molecule has 0 aromatic carbocycles. The topological polar surface area (TPSA) is 29.3 Å². The molecule has 0 rings (SSSR count). The number of rotatable bonds is 4. The Morgan fingerprint density at radius 1 is 1.67 bits per heavy atom. The third-order valence-corrected chi connectivity index (χ3v) is 1.21. The summed E-state index contributed by atoms with van der Waals surface area (Å²) in [6.45, 7) is 4.63. The number of nitrogens with two attached hydrogens (primary N) is 1. The summed E-state index contributed by atoms with van der Waals surface area (Å²) in [6, 6.07) is 0.160. The molecule has 0 aliphatic carbocycles. The Balaban J connectivity index is 3.16. The molecular formula is C7H16N2. The van der Waals surface area contributed by atoms with Crippen molar-refractivity contribution in [1.82, 2.24) is 4.90 Å². The van der Waals surface area contributed by atoms with E-state index >= 15 is 0 Å². The number of hydrogen-bond donors (Lipinski definition) is 1. The van der Waals surface area contributed by atoms with Crippen LogP contribution in [0.1, 0.15) is 6.42 Å². The Bertz CT molecular complexity index is 79.0. The van der Waals surface area contributed by atoms with Crippen LogP contribution < -0.4 is 5.73 Å². The van der Waals surface area contributed by atoms with E-state index in [0.717, 1.165) is 13.0 Å². The Morgan fingerprint density at radius 3 is 2.56 bits per heavy atom. The summed E-state index contributed by atoms with van der Waals surface area (Å²) in [7, 11) is 4.08. The van der Waals surface area contributed by atoms with Crippen molar-refractivity contribution in [1.29, 1.82) is 0 Å². The third-order valence-electron chi connectivity index (χ3n) is 1.21. The maximum Gasteiger partial charge on any atom is 0.0233 e. The van der Waals surface area contributed by atoms with Gasteiger partial charge >= 0.3 is 0 Å². The molecule has 9 heavy (non-hydrogen) atoms. The third kappa shape index (κ3) is 5.53. The maximum atomic E-state index is 5.58. The van der Waals surface area contributed by atoms with E-state index in [4.69, 9.17) is 5.73 Å². The predicted molar refractivity (Wildman–Crippen MR) is 41.3 cm³/mol. The Morgan fingerprint density at radius 2 is 2.22 bits per heavy atom. The van der Waals surface area contributed by atoms with Crippen LogP contribution in [0.25, 0.3) is 0 Å². The Kier molecular flexibility index (Phi) is 4.36. The molecule has 0 heterocycles. The summed E-state index contributed by atoms with van der Waals surface area (Å²) in [6.07, 6.45) is 2.78. The predicted octanol–water partition coefficient (Wildman–Crippen LogP) is 0.451. The number of hydrogen-bond acceptors (Lipinski definition) is 2. The second-order valence-electron chi connectivity index (χ2n) is 2.49. The molecule has 0 fully saturated rings. The van der Waals surface area contributed by atoms with Gasteiger partial charge in [0.05, 0.1) is 0 Å². The standard InChI is InChI=1S/C7H16N2/c1-4-7(8)5-6-9(2)3/h4,7H,1,5-6,8H2,2-3H3. The highest BCUT2D eigenvalue weighted by molar-refractivity contribution is 4.82. The lowest BCUT2D eigenvalue weighted by atomic mass is 10.2. The molecule has 0 aliphatic rings. The molecule has 0 saturated carbocycles. The van der Waals surface area contributed by atoms with E-state index in [0.29, 0.717) is 0 Å². The van der Waals surface area contributed by atoms with Gasteiger partial charge in [0.15, 0.2) is 0 Å². The summed E-state index contributed by atoms with van der Waals surface area (Å²) in [5.74, 6) is 0. The molecule has 0 bridgehead atoms. The van der Waals surface area contributed by atoms with Crippen LogP contribution in [0.3, 0.4) is 0 Å². The lowest BCUT2D eigenvalue weighted by Crippen LogP contribution is -2.23. The van der Waals surface area contributed by atoms with E-state index in [-0.39, 0.29) is 6.04 Å². The largest absolute Gasteiger partial charge is 0.324 e. The van der Waals surface area contributed by atoms with Crippen molar-refractivity contribution >= 4 is 0 Å². The monoisotopic (exact) mass is 128 g/mol. The van der Waals surface area contributed by atoms with Gasteiger partial charge < -0.3 is 10.6 Å². The number of nitrogens with zero attached hydrogens (tertiary/aromatic N) is 1. The van der Waals surface area contributed by atoms with Crippen LogP contribution in [0.4, 0.5) is 0 Å². The van der Waals surface area contributed by atoms with Crippen LogP contribution in [0, 0.1) is 0 Å². The van der Waals surface area contributed by atoms with Crippen molar-refractivity contribution in [3.63, 3.8) is 0 Å². The van der Waals surface area contributed by atoms with Crippen molar-refractivity contribution in [2.75, 3.05) is 20.6 Å². The van der Waals surface area contributed by atoms with E-state index < -0.39 is 0 Å². The minimum Gasteiger partial charge on any atom is -0.324 e. The van der Waals surface area contributed by atoms with Gasteiger partial charge in [-0.3, -0.25) is 0 Å². The molecule has 0 radical (unpaired) electrons. The molecule has 1 atom stereocenters. The summed E-state index contributed by atoms with van der Waals surface area (Å²) < 4.78 is 0. The van der Waals surface area contributed by atoms with Gasteiger partial charge in [0, 0.05) is 6.04 Å². The molecule has 2 N–H and O–H groups in total. The van der Waals surface area contributed by atoms with Crippen LogP contribution in [0.2, 0.25) is 0 Å². The van der Waals surface area contributed by atoms with Crippen molar-refractivity contribution < 1.29 is 0 Å². The zero-order valence-electron chi connectivity index (χ0n) is 6.30. The first-order chi connectivity index (χ1) is 4.16. The van der Waals surface area contributed by atoms with E-state index in [1.54, 1.807) is 6.08 Å². The first-order valence-electron chi connectivity index (χ1n) is 3.19. The first-order valence-corrected chi connectivity index (χ1v) is 3.19. The van der Waals surface area contributed by atoms with Crippen LogP contribution in [0.15, 0.2) is 12.7 Å². The van der Waals surface area contributed by atoms with E-state index in [1.807, 2.05) is 14.1 Å². The van der Waals surface area contributed by atoms with Crippen molar-refractivity contribution in [2.24, 2.45) is 5.73 Å². The fourth-order valence-electron chi connectivity index (χ4n) is 0.525. The fourth-order valence-corrected chi connectivity index (χ4v) is 0.525. The van der Waals surface area contributed by atoms with Crippen molar-refractivity contribution in [3.05, 3.63) is 12.7 Å². The highest BCUT2D eigenvalue weighted by atomic mass is 15.0. The van der Waals surface area contributed by atoms with Crippen LogP contribution in [-0.4, -0.2) is 31.6 Å². The second-order valence-corrected chi connectivity index (χ2v) is 2.49. The molecule has 0 spiro atoms. The molecule has 0 aromatic rings. The molecule has 54 valence electrons. The van der Waals surface area contributed by atoms with Crippen molar-refractivity contribution in [3.8, 4) is 0 Å². The quantitative estimate of drug-likeness (QED) is 0.557. The summed E-state index contributed by atoms with van der Waals surface area (Å²) >= 11 is 0. The smallest absolute Gasteiger partial charge is 0.0233 e. The average molecular weight is 128 g/mol. The van der Waals surface area contributed by atoms with Crippen molar-refractivity contribution in [2.45, 2.75) is 12.5 Å². The van der Waals surface area contributed by atoms with Gasteiger partial charge in [-0.25, -0.2) is 0 Å². The molecule has 0 amide bonds. The van der Waals surface area contributed by atoms with Gasteiger partial charge in [-0.05, 0) is 27.1 Å². The second kappa shape index (κ2) is 4.53. The SMILES string of the molecule is C=CC(N)CCN(C)C. The van der Waals surface area contributed by atoms with Gasteiger partial charge in [-0.15, -0.1) is 6.58 Å². The van der Waals surface area contributed by atoms with Gasteiger partial charge in [-0.1, -0.05) is 6.08 Å². The molecule has 1 unspecified atom stereocenters. The van der Waals surface area contributed by atoms with Crippen LogP contribution in [0.5, 0.6) is 0 Å². The Hall–Kier alpha value is -0.340. The molecular weight excluding hydrogens is 112 g/mol. The highest BCUT2D eigenvalue weighted by Crippen LogP contribution is 1.89. The first kappa shape index (κ1) is 8.66. The zero-order valence-corrected chi connectivity index (χ0v) is 6.30. The van der Waals surface area contributed by atoms with Gasteiger partial charge in [0.2, 0.25) is 0 Å². The molecule has 2 nitrogen and oxygen atoms in total. The highest BCUT2D eigenvalue weighted by Gasteiger charge is 1.95. The van der Waals surface area contributed by atoms with E-state index in [9.17, 15) is 0 Å². The van der Waals surface area contributed by atoms with Crippen LogP contribution in [-0.2, 0) is 0 Å². The van der Waals surface area contributed by atoms with E-state index in [2.05, 4.69) is 11.5 Å². The van der Waals surface area contributed by atoms with Gasteiger partial charge in [0.25, 0.3) is 0 Å². The lowest BCUT2D eigenvalue weighted by molar-refractivity contribution is 0.392. The molecule has 2 heteroatoms. The minimum atomic E-state index is 0.160. The Labute approximate surface area is 57.3 Å². The summed E-state index contributed by atoms with van der Waals surface area (Å²) in [4.78, 5) is 2.11. The van der Waals surface area contributed by atoms with E-state index in [1.165, 1.54) is 0 Å². The summed E-state index contributed by atoms with van der Waals surface area (Å²) in [5, 5.41) is 0.